The van der Waals surface area contributed by atoms with E-state index in [-0.39, 0.29) is 11.9 Å². The summed E-state index contributed by atoms with van der Waals surface area (Å²) in [5.41, 5.74) is 13.2. The first-order valence-corrected chi connectivity index (χ1v) is 18.0. The fourth-order valence-electron chi connectivity index (χ4n) is 7.02. The molecule has 4 aromatic rings. The molecule has 2 saturated carbocycles. The highest BCUT2D eigenvalue weighted by Crippen LogP contribution is 2.38. The average molecular weight is 675 g/mol. The molecule has 264 valence electrons. The van der Waals surface area contributed by atoms with E-state index in [1.807, 2.05) is 72.8 Å². The average Bonchev–Trinajstić information content (AvgIpc) is 3.17. The predicted octanol–water partition coefficient (Wildman–Crippen LogP) is 10.0. The van der Waals surface area contributed by atoms with E-state index in [0.717, 1.165) is 55.3 Å². The molecule has 0 aromatic heterocycles. The Morgan fingerprint density at radius 1 is 0.580 bits per heavy atom. The largest absolute Gasteiger partial charge is 0.469 e. The third-order valence-electron chi connectivity index (χ3n) is 10.1. The van der Waals surface area contributed by atoms with Crippen LogP contribution in [-0.4, -0.2) is 31.9 Å². The van der Waals surface area contributed by atoms with E-state index in [2.05, 4.69) is 43.3 Å². The number of carbonyl (C=O) groups is 2. The second kappa shape index (κ2) is 20.1. The zero-order valence-corrected chi connectivity index (χ0v) is 30.0. The van der Waals surface area contributed by atoms with E-state index in [1.165, 1.54) is 43.8 Å². The Morgan fingerprint density at radius 3 is 1.30 bits per heavy atom. The van der Waals surface area contributed by atoms with E-state index in [4.69, 9.17) is 20.6 Å². The highest BCUT2D eigenvalue weighted by atomic mass is 16.5. The number of aryl methyl sites for hydroxylation is 1. The first-order valence-electron chi connectivity index (χ1n) is 18.0. The van der Waals surface area contributed by atoms with E-state index in [1.54, 1.807) is 0 Å². The number of benzene rings is 4. The fourth-order valence-corrected chi connectivity index (χ4v) is 7.02. The second-order valence-electron chi connectivity index (χ2n) is 13.7. The number of nitrogen functional groups attached to an aromatic ring is 1. The maximum Gasteiger partial charge on any atom is 0.305 e. The standard InChI is InChI=1S/C16H22O2.C15H21NO2.C13H11N/c1-12-3-7-14(8-4-12)15-9-5-13(6-10-15)11-16(17)18-2;1-18-15(17)10-11-2-4-12(5-3-11)13-6-8-14(16)9-7-13;14-13(11-7-3-1-4-8-11)12-9-5-2-6-10-12/h3-4,7-8,13,15H,5-6,9-11H2,1-2H3;6-9,11-12H,2-5,10,16H2,1H3;1-10,14H. The summed E-state index contributed by atoms with van der Waals surface area (Å²) in [5, 5.41) is 7.97. The topological polar surface area (TPSA) is 102 Å². The van der Waals surface area contributed by atoms with Gasteiger partial charge >= 0.3 is 11.9 Å². The van der Waals surface area contributed by atoms with Crippen molar-refractivity contribution in [2.24, 2.45) is 11.8 Å². The minimum atomic E-state index is -0.0778. The van der Waals surface area contributed by atoms with Crippen molar-refractivity contribution in [2.45, 2.75) is 83.0 Å². The van der Waals surface area contributed by atoms with Crippen LogP contribution in [0.5, 0.6) is 0 Å². The smallest absolute Gasteiger partial charge is 0.305 e. The molecule has 2 aliphatic carbocycles. The summed E-state index contributed by atoms with van der Waals surface area (Å²) >= 11 is 0. The van der Waals surface area contributed by atoms with Gasteiger partial charge < -0.3 is 15.2 Å². The quantitative estimate of drug-likeness (QED) is 0.110. The van der Waals surface area contributed by atoms with Gasteiger partial charge in [0.2, 0.25) is 0 Å². The number of anilines is 1. The highest BCUT2D eigenvalue weighted by molar-refractivity contribution is 6.10. The van der Waals surface area contributed by atoms with Crippen LogP contribution < -0.4 is 5.73 Å². The molecule has 6 heteroatoms. The van der Waals surface area contributed by atoms with Crippen molar-refractivity contribution in [3.63, 3.8) is 0 Å². The normalized spacial score (nSPS) is 19.7. The van der Waals surface area contributed by atoms with E-state index < -0.39 is 0 Å². The summed E-state index contributed by atoms with van der Waals surface area (Å²) in [5.74, 6) is 2.19. The summed E-state index contributed by atoms with van der Waals surface area (Å²) in [4.78, 5) is 22.5. The van der Waals surface area contributed by atoms with Crippen molar-refractivity contribution in [1.82, 2.24) is 0 Å². The van der Waals surface area contributed by atoms with Gasteiger partial charge in [0.1, 0.15) is 0 Å². The maximum absolute atomic E-state index is 11.2. The van der Waals surface area contributed by atoms with Crippen molar-refractivity contribution in [3.8, 4) is 0 Å². The number of rotatable bonds is 8. The van der Waals surface area contributed by atoms with Crippen molar-refractivity contribution < 1.29 is 19.1 Å². The minimum absolute atomic E-state index is 0.0613. The number of ether oxygens (including phenoxy) is 2. The number of hydrogen-bond acceptors (Lipinski definition) is 6. The molecule has 4 aromatic carbocycles. The lowest BCUT2D eigenvalue weighted by Gasteiger charge is -2.28. The molecule has 50 heavy (non-hydrogen) atoms. The molecule has 0 radical (unpaired) electrons. The maximum atomic E-state index is 11.2. The SMILES string of the molecule is COC(=O)CC1CCC(c2ccc(C)cc2)CC1.COC(=O)CC1CCC(c2ccc(N)cc2)CC1.N=C(c1ccccc1)c1ccccc1. The van der Waals surface area contributed by atoms with Crippen LogP contribution >= 0.6 is 0 Å². The molecule has 0 bridgehead atoms. The van der Waals surface area contributed by atoms with Crippen LogP contribution in [0, 0.1) is 24.2 Å². The third kappa shape index (κ3) is 12.3. The Hall–Kier alpha value is -4.71. The van der Waals surface area contributed by atoms with Crippen LogP contribution in [0.15, 0.2) is 109 Å². The van der Waals surface area contributed by atoms with Crippen LogP contribution in [0.1, 0.15) is 104 Å². The van der Waals surface area contributed by atoms with Crippen LogP contribution in [0.3, 0.4) is 0 Å². The Kier molecular flexibility index (Phi) is 15.3. The number of hydrogen-bond donors (Lipinski definition) is 2. The molecule has 0 unspecified atom stereocenters. The number of esters is 2. The molecule has 6 nitrogen and oxygen atoms in total. The van der Waals surface area contributed by atoms with Crippen LogP contribution in [0.4, 0.5) is 5.69 Å². The molecule has 0 heterocycles. The molecule has 6 rings (SSSR count). The second-order valence-corrected chi connectivity index (χ2v) is 13.7. The number of nitrogens with two attached hydrogens (primary N) is 1. The summed E-state index contributed by atoms with van der Waals surface area (Å²) in [6.45, 7) is 2.12. The number of methoxy groups -OCH3 is 2. The van der Waals surface area contributed by atoms with Crippen molar-refractivity contribution in [1.29, 1.82) is 5.41 Å². The monoisotopic (exact) mass is 674 g/mol. The van der Waals surface area contributed by atoms with Gasteiger partial charge in [0, 0.05) is 18.5 Å². The fraction of sp³-hybridized carbons (Fsp3) is 0.386. The molecule has 0 spiro atoms. The first kappa shape index (κ1) is 38.1. The van der Waals surface area contributed by atoms with Gasteiger partial charge in [-0.15, -0.1) is 0 Å². The lowest BCUT2D eigenvalue weighted by molar-refractivity contribution is -0.142. The van der Waals surface area contributed by atoms with Crippen molar-refractivity contribution in [3.05, 3.63) is 137 Å². The molecule has 0 saturated heterocycles. The molecular formula is C44H54N2O4. The lowest BCUT2D eigenvalue weighted by Crippen LogP contribution is -2.17. The predicted molar refractivity (Wildman–Crippen MR) is 204 cm³/mol. The van der Waals surface area contributed by atoms with E-state index >= 15 is 0 Å². The van der Waals surface area contributed by atoms with Gasteiger partial charge in [0.05, 0.1) is 19.9 Å². The molecule has 0 aliphatic heterocycles. The Morgan fingerprint density at radius 2 is 0.940 bits per heavy atom. The van der Waals surface area contributed by atoms with Gasteiger partial charge in [-0.05, 0) is 116 Å². The van der Waals surface area contributed by atoms with Crippen molar-refractivity contribution in [2.75, 3.05) is 20.0 Å². The van der Waals surface area contributed by atoms with Gasteiger partial charge in [0.15, 0.2) is 0 Å². The summed E-state index contributed by atoms with van der Waals surface area (Å²) in [6, 6.07) is 36.6. The molecule has 0 atom stereocenters. The van der Waals surface area contributed by atoms with E-state index in [9.17, 15) is 9.59 Å². The molecule has 3 N–H and O–H groups in total. The first-order chi connectivity index (χ1) is 24.2. The van der Waals surface area contributed by atoms with Crippen LogP contribution in [0.25, 0.3) is 0 Å². The zero-order chi connectivity index (χ0) is 35.7. The lowest BCUT2D eigenvalue weighted by atomic mass is 9.77. The van der Waals surface area contributed by atoms with Gasteiger partial charge in [-0.3, -0.25) is 15.0 Å². The van der Waals surface area contributed by atoms with Gasteiger partial charge in [-0.1, -0.05) is 103 Å². The minimum Gasteiger partial charge on any atom is -0.469 e. The number of nitrogens with one attached hydrogen (secondary N) is 1. The molecular weight excluding hydrogens is 620 g/mol. The Labute approximate surface area is 298 Å². The molecule has 0 amide bonds. The number of carbonyl (C=O) groups excluding carboxylic acids is 2. The third-order valence-corrected chi connectivity index (χ3v) is 10.1. The summed E-state index contributed by atoms with van der Waals surface area (Å²) in [7, 11) is 2.93. The molecule has 2 fully saturated rings. The van der Waals surface area contributed by atoms with Gasteiger partial charge in [0.25, 0.3) is 0 Å². The van der Waals surface area contributed by atoms with Crippen LogP contribution in [-0.2, 0) is 19.1 Å². The van der Waals surface area contributed by atoms with Crippen LogP contribution in [0.2, 0.25) is 0 Å². The Balaban J connectivity index is 0.000000170. The zero-order valence-electron chi connectivity index (χ0n) is 30.0. The summed E-state index contributed by atoms with van der Waals surface area (Å²) < 4.78 is 9.46. The van der Waals surface area contributed by atoms with Gasteiger partial charge in [-0.25, -0.2) is 0 Å². The molecule has 2 aliphatic rings. The van der Waals surface area contributed by atoms with Gasteiger partial charge in [-0.2, -0.15) is 0 Å². The van der Waals surface area contributed by atoms with E-state index in [0.29, 0.717) is 42.2 Å². The summed E-state index contributed by atoms with van der Waals surface area (Å²) in [6.07, 6.45) is 10.4. The Bertz CT molecular complexity index is 1470. The van der Waals surface area contributed by atoms with Crippen molar-refractivity contribution >= 4 is 23.3 Å². The highest BCUT2D eigenvalue weighted by Gasteiger charge is 2.25.